The van der Waals surface area contributed by atoms with Crippen LogP contribution in [0.15, 0.2) is 30.3 Å². The van der Waals surface area contributed by atoms with Gasteiger partial charge in [0, 0.05) is 18.1 Å². The van der Waals surface area contributed by atoms with E-state index in [4.69, 9.17) is 5.73 Å². The molecule has 4 atom stereocenters. The number of likely N-dealkylation sites (tertiary alicyclic amines) is 1. The summed E-state index contributed by atoms with van der Waals surface area (Å²) in [6, 6.07) is 10.9. The number of hydrogen-bond donors (Lipinski definition) is 2. The first-order chi connectivity index (χ1) is 8.65. The Kier molecular flexibility index (Phi) is 4.38. The lowest BCUT2D eigenvalue weighted by Gasteiger charge is -2.36. The van der Waals surface area contributed by atoms with Gasteiger partial charge in [0.25, 0.3) is 0 Å². The highest BCUT2D eigenvalue weighted by molar-refractivity contribution is 5.21. The minimum atomic E-state index is 0.0618. The van der Waals surface area contributed by atoms with Crippen LogP contribution >= 0.6 is 0 Å². The lowest BCUT2D eigenvalue weighted by atomic mass is 9.97. The molecule has 1 heterocycles. The van der Waals surface area contributed by atoms with Gasteiger partial charge < -0.3 is 10.8 Å². The second-order valence-electron chi connectivity index (χ2n) is 5.47. The molecular weight excluding hydrogens is 224 g/mol. The van der Waals surface area contributed by atoms with E-state index in [1.54, 1.807) is 0 Å². The van der Waals surface area contributed by atoms with Crippen molar-refractivity contribution in [1.29, 1.82) is 0 Å². The lowest BCUT2D eigenvalue weighted by Crippen LogP contribution is -2.44. The van der Waals surface area contributed by atoms with E-state index >= 15 is 0 Å². The van der Waals surface area contributed by atoms with Crippen LogP contribution in [0.1, 0.15) is 31.9 Å². The molecule has 3 N–H and O–H groups in total. The Balaban J connectivity index is 2.26. The van der Waals surface area contributed by atoms with Gasteiger partial charge in [0.2, 0.25) is 0 Å². The van der Waals surface area contributed by atoms with Crippen molar-refractivity contribution in [2.75, 3.05) is 13.2 Å². The number of nitrogens with two attached hydrogens (primary N) is 1. The van der Waals surface area contributed by atoms with Crippen LogP contribution in [0.4, 0.5) is 0 Å². The van der Waals surface area contributed by atoms with Gasteiger partial charge in [-0.1, -0.05) is 37.3 Å². The van der Waals surface area contributed by atoms with E-state index in [2.05, 4.69) is 43.0 Å². The summed E-state index contributed by atoms with van der Waals surface area (Å²) in [6.07, 6.45) is 1.14. The average Bonchev–Trinajstić information content (AvgIpc) is 2.71. The van der Waals surface area contributed by atoms with Crippen molar-refractivity contribution in [2.45, 2.75) is 38.4 Å². The summed E-state index contributed by atoms with van der Waals surface area (Å²) in [4.78, 5) is 2.38. The molecule has 2 rings (SSSR count). The van der Waals surface area contributed by atoms with E-state index in [-0.39, 0.29) is 24.7 Å². The Labute approximate surface area is 110 Å². The van der Waals surface area contributed by atoms with E-state index in [0.717, 1.165) is 13.0 Å². The van der Waals surface area contributed by atoms with Crippen LogP contribution < -0.4 is 5.73 Å². The SMILES string of the molecule is CC(N)C(c1ccccc1)N1CCC(C)C1CO. The maximum atomic E-state index is 9.60. The molecule has 0 amide bonds. The monoisotopic (exact) mass is 248 g/mol. The fourth-order valence-corrected chi connectivity index (χ4v) is 3.12. The number of benzene rings is 1. The Bertz CT molecular complexity index is 366. The predicted octanol–water partition coefficient (Wildman–Crippen LogP) is 1.78. The molecule has 3 nitrogen and oxygen atoms in total. The van der Waals surface area contributed by atoms with Crippen molar-refractivity contribution in [3.05, 3.63) is 35.9 Å². The lowest BCUT2D eigenvalue weighted by molar-refractivity contribution is 0.0928. The van der Waals surface area contributed by atoms with Gasteiger partial charge in [-0.15, -0.1) is 0 Å². The molecule has 0 aromatic heterocycles. The van der Waals surface area contributed by atoms with Gasteiger partial charge in [0.05, 0.1) is 6.61 Å². The minimum Gasteiger partial charge on any atom is -0.395 e. The van der Waals surface area contributed by atoms with Crippen LogP contribution in [0, 0.1) is 5.92 Å². The van der Waals surface area contributed by atoms with E-state index in [9.17, 15) is 5.11 Å². The van der Waals surface area contributed by atoms with Crippen molar-refractivity contribution in [2.24, 2.45) is 11.7 Å². The summed E-state index contributed by atoms with van der Waals surface area (Å²) in [6.45, 7) is 5.50. The maximum Gasteiger partial charge on any atom is 0.0589 e. The number of aliphatic hydroxyl groups excluding tert-OH is 1. The van der Waals surface area contributed by atoms with Gasteiger partial charge in [-0.25, -0.2) is 0 Å². The first kappa shape index (κ1) is 13.5. The third-order valence-electron chi connectivity index (χ3n) is 4.11. The molecule has 1 aromatic carbocycles. The number of rotatable bonds is 4. The normalized spacial score (nSPS) is 28.2. The van der Waals surface area contributed by atoms with Crippen LogP contribution in [-0.4, -0.2) is 35.2 Å². The molecule has 100 valence electrons. The minimum absolute atomic E-state index is 0.0618. The zero-order chi connectivity index (χ0) is 13.1. The van der Waals surface area contributed by atoms with E-state index < -0.39 is 0 Å². The van der Waals surface area contributed by atoms with Gasteiger partial charge >= 0.3 is 0 Å². The summed E-state index contributed by atoms with van der Waals surface area (Å²) < 4.78 is 0. The highest BCUT2D eigenvalue weighted by Gasteiger charge is 2.37. The van der Waals surface area contributed by atoms with E-state index in [1.165, 1.54) is 5.56 Å². The van der Waals surface area contributed by atoms with Crippen LogP contribution in [0.25, 0.3) is 0 Å². The molecule has 0 bridgehead atoms. The standard InChI is InChI=1S/C15H24N2O/c1-11-8-9-17(14(11)10-18)15(12(2)16)13-6-4-3-5-7-13/h3-7,11-12,14-15,18H,8-10,16H2,1-2H3. The highest BCUT2D eigenvalue weighted by Crippen LogP contribution is 2.33. The molecule has 1 saturated heterocycles. The van der Waals surface area contributed by atoms with Crippen molar-refractivity contribution >= 4 is 0 Å². The van der Waals surface area contributed by atoms with Gasteiger partial charge in [0.15, 0.2) is 0 Å². The first-order valence-corrected chi connectivity index (χ1v) is 6.82. The molecule has 1 aromatic rings. The van der Waals surface area contributed by atoms with E-state index in [0.29, 0.717) is 5.92 Å². The van der Waals surface area contributed by atoms with Gasteiger partial charge in [0.1, 0.15) is 0 Å². The summed E-state index contributed by atoms with van der Waals surface area (Å²) in [5.41, 5.74) is 7.44. The van der Waals surface area contributed by atoms with Crippen molar-refractivity contribution in [3.8, 4) is 0 Å². The van der Waals surface area contributed by atoms with Crippen molar-refractivity contribution in [1.82, 2.24) is 4.90 Å². The summed E-state index contributed by atoms with van der Waals surface area (Å²) >= 11 is 0. The smallest absolute Gasteiger partial charge is 0.0589 e. The second kappa shape index (κ2) is 5.83. The fourth-order valence-electron chi connectivity index (χ4n) is 3.12. The predicted molar refractivity (Wildman–Crippen MR) is 74.2 cm³/mol. The summed E-state index contributed by atoms with van der Waals surface area (Å²) in [5, 5.41) is 9.60. The van der Waals surface area contributed by atoms with Gasteiger partial charge in [-0.3, -0.25) is 4.90 Å². The number of nitrogens with zero attached hydrogens (tertiary/aromatic N) is 1. The van der Waals surface area contributed by atoms with Crippen LogP contribution in [-0.2, 0) is 0 Å². The third-order valence-corrected chi connectivity index (χ3v) is 4.11. The highest BCUT2D eigenvalue weighted by atomic mass is 16.3. The molecule has 0 spiro atoms. The van der Waals surface area contributed by atoms with Crippen LogP contribution in [0.5, 0.6) is 0 Å². The summed E-state index contributed by atoms with van der Waals surface area (Å²) in [5.74, 6) is 0.542. The van der Waals surface area contributed by atoms with Gasteiger partial charge in [-0.05, 0) is 31.4 Å². The second-order valence-corrected chi connectivity index (χ2v) is 5.47. The quantitative estimate of drug-likeness (QED) is 0.854. The van der Waals surface area contributed by atoms with Crippen molar-refractivity contribution in [3.63, 3.8) is 0 Å². The number of aliphatic hydroxyl groups is 1. The molecule has 1 aliphatic rings. The zero-order valence-corrected chi connectivity index (χ0v) is 11.3. The Morgan fingerprint density at radius 1 is 1.39 bits per heavy atom. The Morgan fingerprint density at radius 3 is 2.61 bits per heavy atom. The molecule has 0 aliphatic carbocycles. The van der Waals surface area contributed by atoms with Crippen LogP contribution in [0.2, 0.25) is 0 Å². The maximum absolute atomic E-state index is 9.60. The van der Waals surface area contributed by atoms with E-state index in [1.807, 2.05) is 6.07 Å². The van der Waals surface area contributed by atoms with Crippen LogP contribution in [0.3, 0.4) is 0 Å². The molecule has 0 saturated carbocycles. The topological polar surface area (TPSA) is 49.5 Å². The first-order valence-electron chi connectivity index (χ1n) is 6.82. The molecule has 4 unspecified atom stereocenters. The van der Waals surface area contributed by atoms with Gasteiger partial charge in [-0.2, -0.15) is 0 Å². The molecular formula is C15H24N2O. The zero-order valence-electron chi connectivity index (χ0n) is 11.3. The largest absolute Gasteiger partial charge is 0.395 e. The summed E-state index contributed by atoms with van der Waals surface area (Å²) in [7, 11) is 0. The van der Waals surface area contributed by atoms with Crippen molar-refractivity contribution < 1.29 is 5.11 Å². The third kappa shape index (κ3) is 2.58. The molecule has 0 radical (unpaired) electrons. The Hall–Kier alpha value is -0.900. The molecule has 3 heteroatoms. The fraction of sp³-hybridized carbons (Fsp3) is 0.600. The molecule has 1 fully saturated rings. The molecule has 18 heavy (non-hydrogen) atoms. The molecule has 1 aliphatic heterocycles. The Morgan fingerprint density at radius 2 is 2.06 bits per heavy atom. The average molecular weight is 248 g/mol. The number of hydrogen-bond acceptors (Lipinski definition) is 3.